The molecule has 2 amide bonds. The number of allylic oxidation sites excluding steroid dienone is 1. The minimum Gasteiger partial charge on any atom is -0.456 e. The number of benzene rings is 1. The topological polar surface area (TPSA) is 75.7 Å². The van der Waals surface area contributed by atoms with Crippen LogP contribution in [0.3, 0.4) is 0 Å². The Morgan fingerprint density at radius 2 is 2.07 bits per heavy atom. The van der Waals surface area contributed by atoms with Crippen LogP contribution in [0.25, 0.3) is 0 Å². The van der Waals surface area contributed by atoms with Gasteiger partial charge in [-0.15, -0.1) is 0 Å². The number of esters is 1. The van der Waals surface area contributed by atoms with E-state index in [0.717, 1.165) is 10.5 Å². The van der Waals surface area contributed by atoms with Crippen molar-refractivity contribution in [2.75, 3.05) is 0 Å². The van der Waals surface area contributed by atoms with Gasteiger partial charge < -0.3 is 10.1 Å². The zero-order valence-electron chi connectivity index (χ0n) is 15.1. The summed E-state index contributed by atoms with van der Waals surface area (Å²) >= 11 is 1.31. The number of hydrogen-bond donors (Lipinski definition) is 1. The van der Waals surface area contributed by atoms with Gasteiger partial charge in [-0.2, -0.15) is 0 Å². The highest BCUT2D eigenvalue weighted by Gasteiger charge is 2.51. The van der Waals surface area contributed by atoms with Gasteiger partial charge in [0.25, 0.3) is 5.91 Å². The van der Waals surface area contributed by atoms with Crippen LogP contribution in [0.2, 0.25) is 0 Å². The molecule has 0 spiro atoms. The second-order valence-electron chi connectivity index (χ2n) is 6.09. The van der Waals surface area contributed by atoms with Crippen LogP contribution in [0.5, 0.6) is 0 Å². The molecule has 0 unspecified atom stereocenters. The first-order chi connectivity index (χ1) is 13.0. The number of thioether (sulfide) groups is 1. The van der Waals surface area contributed by atoms with E-state index in [9.17, 15) is 14.4 Å². The number of rotatable bonds is 6. The van der Waals surface area contributed by atoms with Gasteiger partial charge in [0.05, 0.1) is 6.04 Å². The second kappa shape index (κ2) is 8.26. The summed E-state index contributed by atoms with van der Waals surface area (Å²) in [6.45, 7) is 3.38. The zero-order chi connectivity index (χ0) is 19.4. The minimum atomic E-state index is -0.514. The molecule has 0 radical (unpaired) electrons. The molecule has 2 aliphatic rings. The van der Waals surface area contributed by atoms with Crippen LogP contribution >= 0.6 is 11.8 Å². The van der Waals surface area contributed by atoms with Crippen molar-refractivity contribution in [1.29, 1.82) is 0 Å². The highest BCUT2D eigenvalue weighted by Crippen LogP contribution is 2.46. The number of fused-ring (bicyclic) bond motifs is 1. The number of hydrogen-bond acceptors (Lipinski definition) is 5. The van der Waals surface area contributed by atoms with Crippen molar-refractivity contribution < 1.29 is 19.1 Å². The molecule has 6 nitrogen and oxygen atoms in total. The first-order valence-corrected chi connectivity index (χ1v) is 9.43. The smallest absolute Gasteiger partial charge is 0.356 e. The van der Waals surface area contributed by atoms with Crippen LogP contribution in [-0.2, 0) is 25.7 Å². The van der Waals surface area contributed by atoms with Gasteiger partial charge in [0.2, 0.25) is 5.91 Å². The molecular formula is C20H20N2O4S. The molecule has 7 heteroatoms. The van der Waals surface area contributed by atoms with E-state index < -0.39 is 5.97 Å². The maximum Gasteiger partial charge on any atom is 0.356 e. The van der Waals surface area contributed by atoms with Gasteiger partial charge in [0, 0.05) is 30.0 Å². The lowest BCUT2D eigenvalue weighted by molar-refractivity contribution is -0.147. The van der Waals surface area contributed by atoms with E-state index in [1.807, 2.05) is 37.3 Å². The summed E-state index contributed by atoms with van der Waals surface area (Å²) in [5.74, 6) is -0.846. The summed E-state index contributed by atoms with van der Waals surface area (Å²) in [7, 11) is 0. The van der Waals surface area contributed by atoms with Gasteiger partial charge >= 0.3 is 5.97 Å². The average Bonchev–Trinajstić information content (AvgIpc) is 2.99. The number of ether oxygens (including phenoxy) is 1. The van der Waals surface area contributed by atoms with Crippen molar-refractivity contribution in [3.05, 3.63) is 69.8 Å². The summed E-state index contributed by atoms with van der Waals surface area (Å²) in [6.07, 6.45) is 3.87. The maximum atomic E-state index is 12.7. The monoisotopic (exact) mass is 384 g/mol. The van der Waals surface area contributed by atoms with Crippen LogP contribution in [0, 0.1) is 0 Å². The molecule has 0 saturated carbocycles. The van der Waals surface area contributed by atoms with Gasteiger partial charge in [0.1, 0.15) is 12.3 Å². The number of carbonyl (C=O) groups excluding carboxylic acids is 3. The average molecular weight is 384 g/mol. The first-order valence-electron chi connectivity index (χ1n) is 8.55. The van der Waals surface area contributed by atoms with Gasteiger partial charge in [0.15, 0.2) is 0 Å². The Bertz CT molecular complexity index is 858. The Morgan fingerprint density at radius 3 is 2.74 bits per heavy atom. The fourth-order valence-corrected chi connectivity index (χ4v) is 3.90. The van der Waals surface area contributed by atoms with Crippen LogP contribution in [0.1, 0.15) is 25.8 Å². The SMILES string of the molecule is CC=C1C(=O)N2C(C(=O)OCc3ccccc3)=C(SC=CNC(C)=O)C[C@H]12. The largest absolute Gasteiger partial charge is 0.456 e. The van der Waals surface area contributed by atoms with Crippen LogP contribution < -0.4 is 5.32 Å². The normalized spacial score (nSPS) is 20.1. The fourth-order valence-electron chi connectivity index (χ4n) is 3.05. The minimum absolute atomic E-state index is 0.113. The van der Waals surface area contributed by atoms with Gasteiger partial charge in [-0.1, -0.05) is 48.2 Å². The highest BCUT2D eigenvalue weighted by atomic mass is 32.2. The molecule has 3 rings (SSSR count). The summed E-state index contributed by atoms with van der Waals surface area (Å²) in [5.41, 5.74) is 1.89. The zero-order valence-corrected chi connectivity index (χ0v) is 15.9. The molecule has 2 aliphatic heterocycles. The summed E-state index contributed by atoms with van der Waals surface area (Å²) in [5, 5.41) is 4.24. The molecule has 1 N–H and O–H groups in total. The lowest BCUT2D eigenvalue weighted by Gasteiger charge is -2.38. The lowest BCUT2D eigenvalue weighted by atomic mass is 9.94. The van der Waals surface area contributed by atoms with E-state index in [-0.39, 0.29) is 24.5 Å². The Hall–Kier alpha value is -2.80. The quantitative estimate of drug-likeness (QED) is 0.464. The molecule has 1 atom stereocenters. The van der Waals surface area contributed by atoms with Crippen LogP contribution in [-0.4, -0.2) is 28.7 Å². The highest BCUT2D eigenvalue weighted by molar-refractivity contribution is 8.05. The van der Waals surface area contributed by atoms with Crippen molar-refractivity contribution in [3.63, 3.8) is 0 Å². The summed E-state index contributed by atoms with van der Waals surface area (Å²) < 4.78 is 5.44. The Morgan fingerprint density at radius 1 is 1.33 bits per heavy atom. The third-order valence-corrected chi connectivity index (χ3v) is 5.22. The van der Waals surface area contributed by atoms with E-state index in [4.69, 9.17) is 4.74 Å². The molecule has 1 aromatic rings. The number of amides is 2. The Labute approximate surface area is 161 Å². The number of carbonyl (C=O) groups is 3. The molecule has 1 fully saturated rings. The van der Waals surface area contributed by atoms with Crippen LogP contribution in [0.15, 0.2) is 64.2 Å². The van der Waals surface area contributed by atoms with Crippen molar-refractivity contribution >= 4 is 29.5 Å². The van der Waals surface area contributed by atoms with E-state index >= 15 is 0 Å². The molecule has 140 valence electrons. The van der Waals surface area contributed by atoms with Crippen molar-refractivity contribution in [1.82, 2.24) is 10.2 Å². The molecule has 0 aliphatic carbocycles. The molecule has 0 bridgehead atoms. The standard InChI is InChI=1S/C20H20N2O4S/c1-3-15-16-11-17(27-10-9-21-13(2)23)18(22(16)19(15)24)20(25)26-12-14-7-5-4-6-8-14/h3-10,16H,11-12H2,1-2H3,(H,21,23)/t16-/m1/s1. The van der Waals surface area contributed by atoms with Gasteiger partial charge in [-0.25, -0.2) is 4.79 Å². The molecule has 27 heavy (non-hydrogen) atoms. The predicted molar refractivity (Wildman–Crippen MR) is 103 cm³/mol. The van der Waals surface area contributed by atoms with E-state index in [1.165, 1.54) is 29.8 Å². The second-order valence-corrected chi connectivity index (χ2v) is 7.09. The molecular weight excluding hydrogens is 364 g/mol. The molecule has 2 heterocycles. The third-order valence-electron chi connectivity index (χ3n) is 4.30. The van der Waals surface area contributed by atoms with Gasteiger partial charge in [-0.3, -0.25) is 14.5 Å². The van der Waals surface area contributed by atoms with E-state index in [2.05, 4.69) is 5.32 Å². The van der Waals surface area contributed by atoms with Crippen molar-refractivity contribution in [3.8, 4) is 0 Å². The lowest BCUT2D eigenvalue weighted by Crippen LogP contribution is -2.52. The third kappa shape index (κ3) is 3.98. The molecule has 0 aromatic heterocycles. The van der Waals surface area contributed by atoms with Gasteiger partial charge in [-0.05, 0) is 17.9 Å². The van der Waals surface area contributed by atoms with Crippen molar-refractivity contribution in [2.45, 2.75) is 32.9 Å². The Kier molecular flexibility index (Phi) is 5.81. The molecule has 1 saturated heterocycles. The van der Waals surface area contributed by atoms with E-state index in [0.29, 0.717) is 17.7 Å². The number of β-lactam (4-membered cyclic amide) rings is 1. The summed E-state index contributed by atoms with van der Waals surface area (Å²) in [4.78, 5) is 38.3. The summed E-state index contributed by atoms with van der Waals surface area (Å²) in [6, 6.07) is 9.27. The maximum absolute atomic E-state index is 12.7. The van der Waals surface area contributed by atoms with Crippen LogP contribution in [0.4, 0.5) is 0 Å². The fraction of sp³-hybridized carbons (Fsp3) is 0.250. The van der Waals surface area contributed by atoms with E-state index in [1.54, 1.807) is 11.5 Å². The first kappa shape index (κ1) is 19.0. The van der Waals surface area contributed by atoms with Crippen molar-refractivity contribution in [2.24, 2.45) is 0 Å². The predicted octanol–water partition coefficient (Wildman–Crippen LogP) is 2.84. The number of nitrogens with zero attached hydrogens (tertiary/aromatic N) is 1. The Balaban J connectivity index is 1.76. The molecule has 1 aromatic carbocycles. The number of nitrogens with one attached hydrogen (secondary N) is 1.